The number of fused-ring (bicyclic) bond motifs is 1. The van der Waals surface area contributed by atoms with Gasteiger partial charge in [-0.2, -0.15) is 0 Å². The highest BCUT2D eigenvalue weighted by Gasteiger charge is 2.18. The maximum absolute atomic E-state index is 11.3. The molecule has 0 bridgehead atoms. The predicted octanol–water partition coefficient (Wildman–Crippen LogP) is 2.04. The fourth-order valence-electron chi connectivity index (χ4n) is 1.79. The van der Waals surface area contributed by atoms with Gasteiger partial charge in [0, 0.05) is 17.8 Å². The van der Waals surface area contributed by atoms with Crippen LogP contribution in [0.2, 0.25) is 0 Å². The summed E-state index contributed by atoms with van der Waals surface area (Å²) in [6.07, 6.45) is 0.243. The maximum atomic E-state index is 11.3. The number of nitrogens with two attached hydrogens (primary N) is 1. The van der Waals surface area contributed by atoms with E-state index in [1.165, 1.54) is 7.11 Å². The van der Waals surface area contributed by atoms with Crippen molar-refractivity contribution in [2.24, 2.45) is 5.73 Å². The van der Waals surface area contributed by atoms with Gasteiger partial charge in [0.2, 0.25) is 0 Å². The van der Waals surface area contributed by atoms with Crippen LogP contribution in [0.1, 0.15) is 18.1 Å². The molecule has 2 rings (SSSR count). The monoisotopic (exact) mass is 233 g/mol. The van der Waals surface area contributed by atoms with E-state index in [9.17, 15) is 4.79 Å². The molecule has 0 aliphatic rings. The molecule has 0 spiro atoms. The minimum absolute atomic E-state index is 0.130. The Kier molecular flexibility index (Phi) is 3.44. The first-order chi connectivity index (χ1) is 8.24. The largest absolute Gasteiger partial charge is 0.469 e. The second-order valence-electron chi connectivity index (χ2n) is 3.90. The van der Waals surface area contributed by atoms with E-state index in [0.29, 0.717) is 6.54 Å². The third-order valence-corrected chi connectivity index (χ3v) is 2.77. The summed E-state index contributed by atoms with van der Waals surface area (Å²) in [7, 11) is 1.37. The molecular weight excluding hydrogens is 218 g/mol. The molecule has 0 radical (unpaired) electrons. The molecule has 2 N–H and O–H groups in total. The van der Waals surface area contributed by atoms with Crippen molar-refractivity contribution in [3.63, 3.8) is 0 Å². The number of hydrogen-bond donors (Lipinski definition) is 1. The minimum Gasteiger partial charge on any atom is -0.469 e. The van der Waals surface area contributed by atoms with Gasteiger partial charge in [0.15, 0.2) is 0 Å². The smallest absolute Gasteiger partial charge is 0.306 e. The quantitative estimate of drug-likeness (QED) is 0.821. The molecule has 0 saturated heterocycles. The van der Waals surface area contributed by atoms with Crippen molar-refractivity contribution in [3.05, 3.63) is 36.1 Å². The number of carbonyl (C=O) groups excluding carboxylic acids is 1. The molecule has 1 aromatic carbocycles. The third-order valence-electron chi connectivity index (χ3n) is 2.77. The Bertz CT molecular complexity index is 485. The van der Waals surface area contributed by atoms with Crippen molar-refractivity contribution < 1.29 is 13.9 Å². The van der Waals surface area contributed by atoms with E-state index < -0.39 is 0 Å². The lowest BCUT2D eigenvalue weighted by Gasteiger charge is -2.09. The molecule has 4 heteroatoms. The molecule has 0 aliphatic carbocycles. The van der Waals surface area contributed by atoms with E-state index in [-0.39, 0.29) is 18.3 Å². The van der Waals surface area contributed by atoms with Gasteiger partial charge in [0.25, 0.3) is 0 Å². The maximum Gasteiger partial charge on any atom is 0.306 e. The van der Waals surface area contributed by atoms with Gasteiger partial charge in [-0.25, -0.2) is 0 Å². The molecule has 17 heavy (non-hydrogen) atoms. The van der Waals surface area contributed by atoms with Crippen LogP contribution in [0.3, 0.4) is 0 Å². The van der Waals surface area contributed by atoms with Gasteiger partial charge in [0.1, 0.15) is 11.3 Å². The summed E-state index contributed by atoms with van der Waals surface area (Å²) >= 11 is 0. The topological polar surface area (TPSA) is 65.5 Å². The second kappa shape index (κ2) is 5.01. The Hall–Kier alpha value is -1.81. The highest BCUT2D eigenvalue weighted by molar-refractivity contribution is 5.78. The number of para-hydroxylation sites is 1. The van der Waals surface area contributed by atoms with Crippen LogP contribution >= 0.6 is 0 Å². The first kappa shape index (κ1) is 11.7. The van der Waals surface area contributed by atoms with Crippen LogP contribution in [0.25, 0.3) is 11.0 Å². The molecule has 4 nitrogen and oxygen atoms in total. The standard InChI is InChI=1S/C13H15NO3/c1-16-13(15)7-10(8-14)12-6-9-4-2-3-5-11(9)17-12/h2-6,10H,7-8,14H2,1H3. The number of esters is 1. The highest BCUT2D eigenvalue weighted by Crippen LogP contribution is 2.26. The van der Waals surface area contributed by atoms with Gasteiger partial charge in [-0.1, -0.05) is 18.2 Å². The summed E-state index contributed by atoms with van der Waals surface area (Å²) in [5.74, 6) is 0.329. The summed E-state index contributed by atoms with van der Waals surface area (Å²) < 4.78 is 10.3. The summed E-state index contributed by atoms with van der Waals surface area (Å²) in [6, 6.07) is 9.64. The van der Waals surface area contributed by atoms with Gasteiger partial charge in [-0.3, -0.25) is 4.79 Å². The summed E-state index contributed by atoms with van der Waals surface area (Å²) in [5.41, 5.74) is 6.47. The van der Waals surface area contributed by atoms with Crippen molar-refractivity contribution in [1.29, 1.82) is 0 Å². The van der Waals surface area contributed by atoms with Crippen LogP contribution in [0, 0.1) is 0 Å². The first-order valence-corrected chi connectivity index (χ1v) is 5.50. The molecular formula is C13H15NO3. The number of ether oxygens (including phenoxy) is 1. The van der Waals surface area contributed by atoms with Crippen molar-refractivity contribution in [2.45, 2.75) is 12.3 Å². The Morgan fingerprint density at radius 3 is 2.88 bits per heavy atom. The van der Waals surface area contributed by atoms with Crippen LogP contribution in [0.4, 0.5) is 0 Å². The molecule has 0 saturated carbocycles. The fourth-order valence-corrected chi connectivity index (χ4v) is 1.79. The van der Waals surface area contributed by atoms with Crippen molar-refractivity contribution in [3.8, 4) is 0 Å². The number of carbonyl (C=O) groups is 1. The number of rotatable bonds is 4. The Morgan fingerprint density at radius 1 is 1.47 bits per heavy atom. The van der Waals surface area contributed by atoms with Crippen LogP contribution in [-0.4, -0.2) is 19.6 Å². The van der Waals surface area contributed by atoms with Crippen molar-refractivity contribution >= 4 is 16.9 Å². The van der Waals surface area contributed by atoms with Crippen LogP contribution in [0.5, 0.6) is 0 Å². The van der Waals surface area contributed by atoms with Crippen molar-refractivity contribution in [2.75, 3.05) is 13.7 Å². The van der Waals surface area contributed by atoms with E-state index in [4.69, 9.17) is 10.2 Å². The van der Waals surface area contributed by atoms with Crippen LogP contribution in [-0.2, 0) is 9.53 Å². The SMILES string of the molecule is COC(=O)CC(CN)c1cc2ccccc2o1. The molecule has 90 valence electrons. The minimum atomic E-state index is -0.277. The lowest BCUT2D eigenvalue weighted by Crippen LogP contribution is -2.16. The third kappa shape index (κ3) is 2.47. The normalized spacial score (nSPS) is 12.6. The highest BCUT2D eigenvalue weighted by atomic mass is 16.5. The van der Waals surface area contributed by atoms with E-state index in [1.54, 1.807) is 0 Å². The zero-order valence-corrected chi connectivity index (χ0v) is 9.68. The molecule has 1 unspecified atom stereocenters. The Morgan fingerprint density at radius 2 is 2.24 bits per heavy atom. The summed E-state index contributed by atoms with van der Waals surface area (Å²) in [4.78, 5) is 11.3. The predicted molar refractivity (Wildman–Crippen MR) is 64.6 cm³/mol. The first-order valence-electron chi connectivity index (χ1n) is 5.50. The van der Waals surface area contributed by atoms with E-state index in [1.807, 2.05) is 30.3 Å². The summed E-state index contributed by atoms with van der Waals surface area (Å²) in [5, 5.41) is 1.02. The van der Waals surface area contributed by atoms with Crippen LogP contribution in [0.15, 0.2) is 34.7 Å². The number of furan rings is 1. The van der Waals surface area contributed by atoms with E-state index >= 15 is 0 Å². The Balaban J connectivity index is 2.27. The average molecular weight is 233 g/mol. The molecule has 2 aromatic rings. The van der Waals surface area contributed by atoms with Gasteiger partial charge in [-0.15, -0.1) is 0 Å². The van der Waals surface area contributed by atoms with Crippen LogP contribution < -0.4 is 5.73 Å². The average Bonchev–Trinajstić information content (AvgIpc) is 2.78. The van der Waals surface area contributed by atoms with Gasteiger partial charge < -0.3 is 14.9 Å². The zero-order chi connectivity index (χ0) is 12.3. The molecule has 0 aliphatic heterocycles. The molecule has 1 aromatic heterocycles. The lowest BCUT2D eigenvalue weighted by atomic mass is 10.0. The Labute approximate surface area is 99.3 Å². The van der Waals surface area contributed by atoms with Gasteiger partial charge in [0.05, 0.1) is 13.5 Å². The van der Waals surface area contributed by atoms with Gasteiger partial charge >= 0.3 is 5.97 Å². The molecule has 0 fully saturated rings. The molecule has 1 heterocycles. The molecule has 0 amide bonds. The van der Waals surface area contributed by atoms with E-state index in [2.05, 4.69) is 4.74 Å². The summed E-state index contributed by atoms with van der Waals surface area (Å²) in [6.45, 7) is 0.356. The van der Waals surface area contributed by atoms with Gasteiger partial charge in [-0.05, 0) is 12.1 Å². The van der Waals surface area contributed by atoms with Crippen molar-refractivity contribution in [1.82, 2.24) is 0 Å². The molecule has 1 atom stereocenters. The fraction of sp³-hybridized carbons (Fsp3) is 0.308. The zero-order valence-electron chi connectivity index (χ0n) is 9.68. The second-order valence-corrected chi connectivity index (χ2v) is 3.90. The number of hydrogen-bond acceptors (Lipinski definition) is 4. The van der Waals surface area contributed by atoms with E-state index in [0.717, 1.165) is 16.7 Å². The number of methoxy groups -OCH3 is 1. The lowest BCUT2D eigenvalue weighted by molar-refractivity contribution is -0.141. The number of benzene rings is 1.